The number of rotatable bonds is 1. The molecule has 0 saturated heterocycles. The van der Waals surface area contributed by atoms with Gasteiger partial charge in [-0.15, -0.1) is 0 Å². The number of hydrogen-bond acceptors (Lipinski definition) is 3. The quantitative estimate of drug-likeness (QED) is 0.616. The van der Waals surface area contributed by atoms with Crippen LogP contribution in [-0.4, -0.2) is 14.6 Å². The van der Waals surface area contributed by atoms with Crippen molar-refractivity contribution >= 4 is 9.84 Å². The first-order valence-electron chi connectivity index (χ1n) is 6.17. The summed E-state index contributed by atoms with van der Waals surface area (Å²) in [4.78, 5) is -1.63. The topological polar surface area (TPSA) is 43.4 Å². The van der Waals surface area contributed by atoms with Gasteiger partial charge in [0.05, 0.1) is 5.56 Å². The van der Waals surface area contributed by atoms with Gasteiger partial charge in [-0.05, 0) is 18.2 Å². The second-order valence-electron chi connectivity index (χ2n) is 4.76. The second-order valence-corrected chi connectivity index (χ2v) is 6.61. The smallest absolute Gasteiger partial charge is 0.455 e. The molecule has 1 aliphatic rings. The average Bonchev–Trinajstić information content (AvgIpc) is 2.45. The van der Waals surface area contributed by atoms with E-state index in [9.17, 15) is 30.4 Å². The molecule has 0 fully saturated rings. The van der Waals surface area contributed by atoms with Crippen LogP contribution in [0.2, 0.25) is 0 Å². The van der Waals surface area contributed by atoms with Gasteiger partial charge in [-0.1, -0.05) is 24.3 Å². The van der Waals surface area contributed by atoms with E-state index >= 15 is 0 Å². The van der Waals surface area contributed by atoms with Crippen molar-refractivity contribution in [1.29, 1.82) is 0 Å². The van der Waals surface area contributed by atoms with Crippen molar-refractivity contribution in [3.05, 3.63) is 48.0 Å². The normalized spacial score (nSPS) is 16.2. The van der Waals surface area contributed by atoms with Gasteiger partial charge in [0, 0.05) is 0 Å². The highest BCUT2D eigenvalue weighted by Gasteiger charge is 2.61. The molecule has 0 saturated carbocycles. The molecule has 0 atom stereocenters. The van der Waals surface area contributed by atoms with E-state index < -0.39 is 43.0 Å². The summed E-state index contributed by atoms with van der Waals surface area (Å²) in [7, 11) is -4.58. The van der Waals surface area contributed by atoms with E-state index in [1.54, 1.807) is 0 Å². The Bertz CT molecular complexity index is 888. The maximum absolute atomic E-state index is 13.7. The van der Waals surface area contributed by atoms with E-state index in [2.05, 4.69) is 0 Å². The first kappa shape index (κ1) is 15.7. The molecular formula is C14H7F5O3S. The third kappa shape index (κ3) is 2.18. The lowest BCUT2D eigenvalue weighted by atomic mass is 10.1. The Labute approximate surface area is 127 Å². The largest absolute Gasteiger partial charge is 0.458 e. The molecule has 3 rings (SSSR count). The van der Waals surface area contributed by atoms with Gasteiger partial charge in [0.1, 0.15) is 21.3 Å². The Morgan fingerprint density at radius 1 is 0.826 bits per heavy atom. The number of hydrogen-bond donors (Lipinski definition) is 0. The number of sulfone groups is 1. The average molecular weight is 350 g/mol. The molecule has 9 heteroatoms. The van der Waals surface area contributed by atoms with Crippen molar-refractivity contribution in [2.75, 3.05) is 0 Å². The minimum atomic E-state index is -5.94. The predicted octanol–water partition coefficient (Wildman–Crippen LogP) is 4.28. The van der Waals surface area contributed by atoms with Crippen molar-refractivity contribution in [1.82, 2.24) is 0 Å². The van der Waals surface area contributed by atoms with Crippen LogP contribution in [0.15, 0.2) is 52.3 Å². The summed E-state index contributed by atoms with van der Waals surface area (Å²) in [5, 5.41) is 0. The highest BCUT2D eigenvalue weighted by Crippen LogP contribution is 2.51. The third-order valence-corrected chi connectivity index (χ3v) is 5.18. The summed E-state index contributed by atoms with van der Waals surface area (Å²) in [6.07, 6.45) is -5.94. The summed E-state index contributed by atoms with van der Waals surface area (Å²) in [5.74, 6) is -6.03. The molecule has 23 heavy (non-hydrogen) atoms. The minimum absolute atomic E-state index is 0.132. The highest BCUT2D eigenvalue weighted by atomic mass is 32.2. The van der Waals surface area contributed by atoms with E-state index in [1.807, 2.05) is 0 Å². The second kappa shape index (κ2) is 4.67. The lowest BCUT2D eigenvalue weighted by molar-refractivity contribution is -0.290. The Morgan fingerprint density at radius 2 is 1.43 bits per heavy atom. The van der Waals surface area contributed by atoms with Crippen molar-refractivity contribution < 1.29 is 35.1 Å². The van der Waals surface area contributed by atoms with Crippen LogP contribution in [0.25, 0.3) is 0 Å². The number of para-hydroxylation sites is 1. The van der Waals surface area contributed by atoms with Crippen LogP contribution >= 0.6 is 0 Å². The number of benzene rings is 2. The molecule has 0 unspecified atom stereocenters. The van der Waals surface area contributed by atoms with Gasteiger partial charge >= 0.3 is 12.1 Å². The fraction of sp³-hybridized carbons (Fsp3) is 0.143. The molecule has 2 aromatic carbocycles. The lowest BCUT2D eigenvalue weighted by Gasteiger charge is -2.26. The van der Waals surface area contributed by atoms with Gasteiger partial charge in [-0.3, -0.25) is 0 Å². The standard InChI is InChI=1S/C14H7F5O3S/c15-13(16,14(17,18)19)8-4-3-6-10-12(8)23(20,21)11-7-2-1-5-9(11)22-10/h1-7H. The molecule has 0 aromatic heterocycles. The molecule has 0 spiro atoms. The zero-order chi connectivity index (χ0) is 17.0. The SMILES string of the molecule is O=S1(=O)c2ccccc2Oc2cccc(C(F)(F)C(F)(F)F)c21. The van der Waals surface area contributed by atoms with Gasteiger partial charge in [0.2, 0.25) is 9.84 Å². The van der Waals surface area contributed by atoms with Crippen LogP contribution in [0.1, 0.15) is 5.56 Å². The summed E-state index contributed by atoms with van der Waals surface area (Å²) in [6, 6.07) is 7.47. The van der Waals surface area contributed by atoms with E-state index in [0.717, 1.165) is 18.2 Å². The van der Waals surface area contributed by atoms with Crippen molar-refractivity contribution in [3.8, 4) is 11.5 Å². The maximum atomic E-state index is 13.7. The first-order chi connectivity index (χ1) is 10.6. The molecular weight excluding hydrogens is 343 g/mol. The minimum Gasteiger partial charge on any atom is -0.455 e. The van der Waals surface area contributed by atoms with Gasteiger partial charge in [-0.2, -0.15) is 22.0 Å². The summed E-state index contributed by atoms with van der Waals surface area (Å²) < 4.78 is 95.6. The van der Waals surface area contributed by atoms with Crippen LogP contribution in [-0.2, 0) is 15.8 Å². The molecule has 3 nitrogen and oxygen atoms in total. The number of alkyl halides is 5. The van der Waals surface area contributed by atoms with E-state index in [-0.39, 0.29) is 5.75 Å². The van der Waals surface area contributed by atoms with Gasteiger partial charge in [-0.25, -0.2) is 8.42 Å². The highest BCUT2D eigenvalue weighted by molar-refractivity contribution is 7.91. The molecule has 1 aliphatic heterocycles. The molecule has 0 N–H and O–H groups in total. The zero-order valence-electron chi connectivity index (χ0n) is 11.1. The Hall–Kier alpha value is -2.16. The van der Waals surface area contributed by atoms with E-state index in [0.29, 0.717) is 6.07 Å². The Kier molecular flexibility index (Phi) is 3.19. The van der Waals surface area contributed by atoms with Crippen molar-refractivity contribution in [3.63, 3.8) is 0 Å². The van der Waals surface area contributed by atoms with E-state index in [1.165, 1.54) is 18.2 Å². The third-order valence-electron chi connectivity index (χ3n) is 3.30. The number of fused-ring (bicyclic) bond motifs is 2. The van der Waals surface area contributed by atoms with Crippen molar-refractivity contribution in [2.24, 2.45) is 0 Å². The van der Waals surface area contributed by atoms with Gasteiger partial charge in [0.15, 0.2) is 0 Å². The molecule has 0 amide bonds. The van der Waals surface area contributed by atoms with E-state index in [4.69, 9.17) is 4.74 Å². The molecule has 0 aliphatic carbocycles. The fourth-order valence-electron chi connectivity index (χ4n) is 2.26. The molecule has 122 valence electrons. The van der Waals surface area contributed by atoms with Crippen LogP contribution < -0.4 is 4.74 Å². The zero-order valence-corrected chi connectivity index (χ0v) is 11.9. The summed E-state index contributed by atoms with van der Waals surface area (Å²) >= 11 is 0. The van der Waals surface area contributed by atoms with Crippen LogP contribution in [0.3, 0.4) is 0 Å². The summed E-state index contributed by atoms with van der Waals surface area (Å²) in [6.45, 7) is 0. The predicted molar refractivity (Wildman–Crippen MR) is 68.4 cm³/mol. The maximum Gasteiger partial charge on any atom is 0.458 e. The lowest BCUT2D eigenvalue weighted by Crippen LogP contribution is -2.35. The molecule has 1 heterocycles. The van der Waals surface area contributed by atoms with Crippen LogP contribution in [0.4, 0.5) is 22.0 Å². The first-order valence-corrected chi connectivity index (χ1v) is 7.65. The number of halogens is 5. The Morgan fingerprint density at radius 3 is 2.09 bits per heavy atom. The molecule has 2 aromatic rings. The van der Waals surface area contributed by atoms with Crippen LogP contribution in [0, 0.1) is 0 Å². The van der Waals surface area contributed by atoms with Crippen molar-refractivity contribution in [2.45, 2.75) is 21.9 Å². The van der Waals surface area contributed by atoms with Gasteiger partial charge in [0.25, 0.3) is 0 Å². The molecule has 0 radical (unpaired) electrons. The fourth-order valence-corrected chi connectivity index (χ4v) is 3.97. The monoisotopic (exact) mass is 350 g/mol. The Balaban J connectivity index is 2.34. The summed E-state index contributed by atoms with van der Waals surface area (Å²) in [5.41, 5.74) is -1.66. The molecule has 0 bridgehead atoms. The van der Waals surface area contributed by atoms with Crippen LogP contribution in [0.5, 0.6) is 11.5 Å². The number of ether oxygens (including phenoxy) is 1. The van der Waals surface area contributed by atoms with Gasteiger partial charge < -0.3 is 4.74 Å².